The Balaban J connectivity index is 2.83. The van der Waals surface area contributed by atoms with Gasteiger partial charge in [-0.2, -0.15) is 0 Å². The maximum atomic E-state index is 12.6. The topological polar surface area (TPSA) is 12.9 Å². The van der Waals surface area contributed by atoms with Crippen molar-refractivity contribution in [2.75, 3.05) is 0 Å². The number of hydrogen-bond acceptors (Lipinski definition) is 1. The van der Waals surface area contributed by atoms with Crippen LogP contribution in [0.5, 0.6) is 0 Å². The first-order valence-corrected chi connectivity index (χ1v) is 3.27. The maximum absolute atomic E-state index is 12.6. The summed E-state index contributed by atoms with van der Waals surface area (Å²) < 4.78 is 12.6. The molecule has 2 rings (SSSR count). The lowest BCUT2D eigenvalue weighted by Gasteiger charge is -1.93. The van der Waals surface area contributed by atoms with Crippen LogP contribution in [-0.2, 0) is 0 Å². The average molecular weight is 146 g/mol. The number of hydrogen-bond donors (Lipinski definition) is 0. The second kappa shape index (κ2) is 2.31. The lowest BCUT2D eigenvalue weighted by Crippen LogP contribution is -1.77. The van der Waals surface area contributed by atoms with Crippen LogP contribution in [0.4, 0.5) is 4.39 Å². The molecule has 1 aromatic carbocycles. The van der Waals surface area contributed by atoms with Gasteiger partial charge in [0, 0.05) is 11.6 Å². The SMILES string of the molecule is Fc1ccc2cn[c]cc2c1. The van der Waals surface area contributed by atoms with E-state index < -0.39 is 0 Å². The second-order valence-electron chi connectivity index (χ2n) is 2.30. The van der Waals surface area contributed by atoms with Crippen molar-refractivity contribution in [2.24, 2.45) is 0 Å². The lowest BCUT2D eigenvalue weighted by molar-refractivity contribution is 0.629. The minimum Gasteiger partial charge on any atom is -0.254 e. The predicted molar refractivity (Wildman–Crippen MR) is 40.5 cm³/mol. The standard InChI is InChI=1S/C9H5FN/c10-9-2-1-8-6-11-4-3-7(8)5-9/h1-3,5-6H. The number of aromatic nitrogens is 1. The first-order valence-electron chi connectivity index (χ1n) is 3.27. The summed E-state index contributed by atoms with van der Waals surface area (Å²) in [6.07, 6.45) is 4.31. The average Bonchev–Trinajstić information content (AvgIpc) is 2.04. The fourth-order valence-electron chi connectivity index (χ4n) is 1.00. The second-order valence-corrected chi connectivity index (χ2v) is 2.30. The summed E-state index contributed by atoms with van der Waals surface area (Å²) in [6.45, 7) is 0. The molecule has 11 heavy (non-hydrogen) atoms. The van der Waals surface area contributed by atoms with E-state index in [1.807, 2.05) is 0 Å². The van der Waals surface area contributed by atoms with Crippen molar-refractivity contribution in [3.63, 3.8) is 0 Å². The zero-order valence-corrected chi connectivity index (χ0v) is 5.71. The van der Waals surface area contributed by atoms with Gasteiger partial charge in [0.1, 0.15) is 5.82 Å². The summed E-state index contributed by atoms with van der Waals surface area (Å²) in [5, 5.41) is 1.77. The highest BCUT2D eigenvalue weighted by Gasteiger charge is 1.93. The van der Waals surface area contributed by atoms with Crippen LogP contribution >= 0.6 is 0 Å². The van der Waals surface area contributed by atoms with Gasteiger partial charge in [0.15, 0.2) is 0 Å². The van der Waals surface area contributed by atoms with Gasteiger partial charge in [0.2, 0.25) is 0 Å². The number of nitrogens with zero attached hydrogens (tertiary/aromatic N) is 1. The monoisotopic (exact) mass is 146 g/mol. The van der Waals surface area contributed by atoms with Crippen molar-refractivity contribution < 1.29 is 4.39 Å². The molecule has 0 aliphatic rings. The van der Waals surface area contributed by atoms with E-state index in [0.29, 0.717) is 0 Å². The third-order valence-corrected chi connectivity index (χ3v) is 1.55. The largest absolute Gasteiger partial charge is 0.254 e. The third-order valence-electron chi connectivity index (χ3n) is 1.55. The van der Waals surface area contributed by atoms with Gasteiger partial charge in [-0.25, -0.2) is 4.39 Å². The molecule has 1 aromatic heterocycles. The first-order chi connectivity index (χ1) is 5.36. The molecule has 0 N–H and O–H groups in total. The van der Waals surface area contributed by atoms with Crippen molar-refractivity contribution in [3.05, 3.63) is 42.5 Å². The minimum atomic E-state index is -0.225. The van der Waals surface area contributed by atoms with Crippen LogP contribution in [0.2, 0.25) is 0 Å². The molecule has 0 spiro atoms. The highest BCUT2D eigenvalue weighted by atomic mass is 19.1. The van der Waals surface area contributed by atoms with Crippen molar-refractivity contribution in [1.82, 2.24) is 4.98 Å². The van der Waals surface area contributed by atoms with Crippen LogP contribution in [0.15, 0.2) is 30.5 Å². The van der Waals surface area contributed by atoms with Gasteiger partial charge in [-0.1, -0.05) is 0 Å². The maximum Gasteiger partial charge on any atom is 0.123 e. The highest BCUT2D eigenvalue weighted by Crippen LogP contribution is 2.12. The zero-order chi connectivity index (χ0) is 7.68. The van der Waals surface area contributed by atoms with Crippen LogP contribution in [-0.4, -0.2) is 4.98 Å². The Labute approximate surface area is 63.5 Å². The molecular weight excluding hydrogens is 141 g/mol. The van der Waals surface area contributed by atoms with Gasteiger partial charge in [-0.15, -0.1) is 0 Å². The van der Waals surface area contributed by atoms with E-state index in [0.717, 1.165) is 10.8 Å². The Morgan fingerprint density at radius 1 is 1.27 bits per heavy atom. The quantitative estimate of drug-likeness (QED) is 0.555. The van der Waals surface area contributed by atoms with Gasteiger partial charge in [0.25, 0.3) is 0 Å². The molecule has 2 heteroatoms. The molecule has 0 aliphatic heterocycles. The number of rotatable bonds is 0. The van der Waals surface area contributed by atoms with E-state index in [1.165, 1.54) is 12.1 Å². The van der Waals surface area contributed by atoms with Crippen LogP contribution in [0.3, 0.4) is 0 Å². The van der Waals surface area contributed by atoms with Crippen molar-refractivity contribution in [2.45, 2.75) is 0 Å². The third kappa shape index (κ3) is 1.07. The van der Waals surface area contributed by atoms with Crippen molar-refractivity contribution >= 4 is 10.8 Å². The summed E-state index contributed by atoms with van der Waals surface area (Å²) in [5.74, 6) is -0.225. The zero-order valence-electron chi connectivity index (χ0n) is 5.71. The number of fused-ring (bicyclic) bond motifs is 1. The van der Waals surface area contributed by atoms with Gasteiger partial charge in [0.05, 0.1) is 6.20 Å². The van der Waals surface area contributed by atoms with Crippen LogP contribution in [0.1, 0.15) is 0 Å². The summed E-state index contributed by atoms with van der Waals surface area (Å²) in [5.41, 5.74) is 0. The summed E-state index contributed by atoms with van der Waals surface area (Å²) in [4.78, 5) is 3.80. The smallest absolute Gasteiger partial charge is 0.123 e. The summed E-state index contributed by atoms with van der Waals surface area (Å²) >= 11 is 0. The van der Waals surface area contributed by atoms with Gasteiger partial charge >= 0.3 is 0 Å². The molecule has 0 amide bonds. The van der Waals surface area contributed by atoms with Crippen LogP contribution in [0, 0.1) is 12.0 Å². The van der Waals surface area contributed by atoms with Crippen LogP contribution in [0.25, 0.3) is 10.8 Å². The molecule has 0 fully saturated rings. The Bertz CT molecular complexity index is 384. The Kier molecular flexibility index (Phi) is 1.32. The Morgan fingerprint density at radius 3 is 3.09 bits per heavy atom. The number of halogens is 1. The predicted octanol–water partition coefficient (Wildman–Crippen LogP) is 2.17. The number of benzene rings is 1. The van der Waals surface area contributed by atoms with Gasteiger partial charge in [-0.3, -0.25) is 4.98 Å². The van der Waals surface area contributed by atoms with E-state index in [-0.39, 0.29) is 5.82 Å². The van der Waals surface area contributed by atoms with E-state index in [4.69, 9.17) is 0 Å². The molecule has 53 valence electrons. The normalized spacial score (nSPS) is 10.3. The fraction of sp³-hybridized carbons (Fsp3) is 0. The van der Waals surface area contributed by atoms with E-state index in [9.17, 15) is 4.39 Å². The molecule has 0 saturated heterocycles. The summed E-state index contributed by atoms with van der Waals surface area (Å²) in [6, 6.07) is 6.25. The van der Waals surface area contributed by atoms with E-state index in [1.54, 1.807) is 18.3 Å². The Hall–Kier alpha value is -1.44. The van der Waals surface area contributed by atoms with Gasteiger partial charge < -0.3 is 0 Å². The fourth-order valence-corrected chi connectivity index (χ4v) is 1.00. The molecule has 0 atom stereocenters. The molecule has 1 nitrogen and oxygen atoms in total. The molecule has 0 unspecified atom stereocenters. The highest BCUT2D eigenvalue weighted by molar-refractivity contribution is 5.81. The molecule has 0 bridgehead atoms. The number of pyridine rings is 1. The molecule has 0 saturated carbocycles. The molecule has 2 aromatic rings. The van der Waals surface area contributed by atoms with E-state index >= 15 is 0 Å². The first kappa shape index (κ1) is 6.28. The van der Waals surface area contributed by atoms with Crippen LogP contribution < -0.4 is 0 Å². The van der Waals surface area contributed by atoms with Crippen molar-refractivity contribution in [1.29, 1.82) is 0 Å². The molecule has 1 heterocycles. The van der Waals surface area contributed by atoms with Crippen molar-refractivity contribution in [3.8, 4) is 0 Å². The molecule has 1 radical (unpaired) electrons. The van der Waals surface area contributed by atoms with Gasteiger partial charge in [-0.05, 0) is 29.7 Å². The minimum absolute atomic E-state index is 0.225. The summed E-state index contributed by atoms with van der Waals surface area (Å²) in [7, 11) is 0. The molecular formula is C9H5FN. The van der Waals surface area contributed by atoms with E-state index in [2.05, 4.69) is 11.2 Å². The lowest BCUT2D eigenvalue weighted by atomic mass is 10.2. The molecule has 0 aliphatic carbocycles. The Morgan fingerprint density at radius 2 is 2.18 bits per heavy atom.